The Morgan fingerprint density at radius 1 is 0.429 bits per heavy atom. The molecule has 170 valence electrons. The molecule has 0 saturated carbocycles. The summed E-state index contributed by atoms with van der Waals surface area (Å²) in [5, 5.41) is 0. The SMILES string of the molecule is CCCCCCCCCCCCC(CCCCCCCCCCCC)P(O)O. The van der Waals surface area contributed by atoms with E-state index in [9.17, 15) is 9.79 Å². The fourth-order valence-electron chi connectivity index (χ4n) is 4.11. The molecule has 0 fully saturated rings. The Kier molecular flexibility index (Phi) is 23.9. The molecule has 0 aliphatic rings. The minimum Gasteiger partial charge on any atom is -0.350 e. The van der Waals surface area contributed by atoms with Crippen molar-refractivity contribution in [2.24, 2.45) is 0 Å². The molecule has 0 aliphatic heterocycles. The summed E-state index contributed by atoms with van der Waals surface area (Å²) in [5.74, 6) is 0. The first-order chi connectivity index (χ1) is 13.7. The average Bonchev–Trinajstić information content (AvgIpc) is 2.68. The normalized spacial score (nSPS) is 11.8. The lowest BCUT2D eigenvalue weighted by molar-refractivity contribution is 0.437. The third-order valence-corrected chi connectivity index (χ3v) is 7.28. The monoisotopic (exact) mass is 416 g/mol. The van der Waals surface area contributed by atoms with E-state index in [0.29, 0.717) is 0 Å². The van der Waals surface area contributed by atoms with Gasteiger partial charge in [0.25, 0.3) is 0 Å². The Morgan fingerprint density at radius 3 is 0.929 bits per heavy atom. The van der Waals surface area contributed by atoms with E-state index in [1.807, 2.05) is 0 Å². The first-order valence-electron chi connectivity index (χ1n) is 12.9. The van der Waals surface area contributed by atoms with Crippen molar-refractivity contribution in [2.45, 2.75) is 161 Å². The molecule has 0 bridgehead atoms. The van der Waals surface area contributed by atoms with Gasteiger partial charge >= 0.3 is 0 Å². The molecule has 2 N–H and O–H groups in total. The molecular weight excluding hydrogens is 363 g/mol. The Balaban J connectivity index is 3.44. The van der Waals surface area contributed by atoms with Crippen LogP contribution in [0.15, 0.2) is 0 Å². The largest absolute Gasteiger partial charge is 0.350 e. The highest BCUT2D eigenvalue weighted by Gasteiger charge is 2.16. The Hall–Kier alpha value is 0.350. The molecule has 0 amide bonds. The molecule has 3 heteroatoms. The molecule has 0 saturated heterocycles. The highest BCUT2D eigenvalue weighted by atomic mass is 31.2. The first-order valence-corrected chi connectivity index (χ1v) is 14.2. The zero-order valence-corrected chi connectivity index (χ0v) is 20.4. The van der Waals surface area contributed by atoms with Gasteiger partial charge in [-0.1, -0.05) is 142 Å². The predicted molar refractivity (Wildman–Crippen MR) is 128 cm³/mol. The molecule has 28 heavy (non-hydrogen) atoms. The standard InChI is InChI=1S/C25H53O2P/c1-3-5-7-9-11-13-15-17-19-21-23-25(28(26)27)24-22-20-18-16-14-12-10-8-6-4-2/h25-27H,3-24H2,1-2H3. The van der Waals surface area contributed by atoms with Crippen LogP contribution >= 0.6 is 8.38 Å². The van der Waals surface area contributed by atoms with Gasteiger partial charge in [-0.05, 0) is 12.8 Å². The van der Waals surface area contributed by atoms with E-state index >= 15 is 0 Å². The van der Waals surface area contributed by atoms with Crippen molar-refractivity contribution in [1.29, 1.82) is 0 Å². The van der Waals surface area contributed by atoms with E-state index in [1.54, 1.807) is 0 Å². The first kappa shape index (κ1) is 28.4. The smallest absolute Gasteiger partial charge is 0.168 e. The summed E-state index contributed by atoms with van der Waals surface area (Å²) in [6.45, 7) is 4.54. The molecular formula is C25H53O2P. The number of hydrogen-bond donors (Lipinski definition) is 2. The van der Waals surface area contributed by atoms with Crippen molar-refractivity contribution in [2.75, 3.05) is 0 Å². The average molecular weight is 417 g/mol. The van der Waals surface area contributed by atoms with Gasteiger partial charge in [0, 0.05) is 5.66 Å². The van der Waals surface area contributed by atoms with E-state index in [1.165, 1.54) is 128 Å². The highest BCUT2D eigenvalue weighted by molar-refractivity contribution is 7.45. The van der Waals surface area contributed by atoms with Crippen molar-refractivity contribution in [3.63, 3.8) is 0 Å². The molecule has 0 aliphatic carbocycles. The van der Waals surface area contributed by atoms with Crippen LogP contribution in [0.1, 0.15) is 155 Å². The zero-order chi connectivity index (χ0) is 20.7. The lowest BCUT2D eigenvalue weighted by Gasteiger charge is -2.17. The van der Waals surface area contributed by atoms with Crippen molar-refractivity contribution in [3.8, 4) is 0 Å². The van der Waals surface area contributed by atoms with Gasteiger partial charge in [-0.25, -0.2) is 0 Å². The van der Waals surface area contributed by atoms with Gasteiger partial charge in [-0.15, -0.1) is 0 Å². The van der Waals surface area contributed by atoms with Gasteiger partial charge in [0.15, 0.2) is 8.38 Å². The van der Waals surface area contributed by atoms with Crippen LogP contribution in [0, 0.1) is 0 Å². The molecule has 0 atom stereocenters. The van der Waals surface area contributed by atoms with Crippen LogP contribution in [-0.2, 0) is 0 Å². The lowest BCUT2D eigenvalue weighted by Crippen LogP contribution is -2.05. The maximum atomic E-state index is 9.72. The van der Waals surface area contributed by atoms with Crippen LogP contribution < -0.4 is 0 Å². The van der Waals surface area contributed by atoms with E-state index in [-0.39, 0.29) is 5.66 Å². The third kappa shape index (κ3) is 21.1. The van der Waals surface area contributed by atoms with Crippen molar-refractivity contribution >= 4 is 8.38 Å². The fourth-order valence-corrected chi connectivity index (χ4v) is 4.94. The van der Waals surface area contributed by atoms with Gasteiger partial charge in [0.1, 0.15) is 0 Å². The summed E-state index contributed by atoms with van der Waals surface area (Å²) in [7, 11) is -1.74. The number of rotatable bonds is 23. The zero-order valence-electron chi connectivity index (χ0n) is 19.5. The summed E-state index contributed by atoms with van der Waals surface area (Å²) in [4.78, 5) is 19.4. The maximum absolute atomic E-state index is 9.72. The Bertz CT molecular complexity index is 260. The fraction of sp³-hybridized carbons (Fsp3) is 1.00. The molecule has 0 heterocycles. The van der Waals surface area contributed by atoms with Gasteiger partial charge in [0.05, 0.1) is 0 Å². The molecule has 0 rings (SSSR count). The Morgan fingerprint density at radius 2 is 0.679 bits per heavy atom. The van der Waals surface area contributed by atoms with Crippen LogP contribution in [0.2, 0.25) is 0 Å². The van der Waals surface area contributed by atoms with Gasteiger partial charge in [0.2, 0.25) is 0 Å². The number of unbranched alkanes of at least 4 members (excludes halogenated alkanes) is 18. The van der Waals surface area contributed by atoms with Crippen LogP contribution in [0.25, 0.3) is 0 Å². The quantitative estimate of drug-likeness (QED) is 0.129. The minimum atomic E-state index is -1.74. The predicted octanol–water partition coefficient (Wildman–Crippen LogP) is 9.27. The number of hydrogen-bond acceptors (Lipinski definition) is 2. The summed E-state index contributed by atoms with van der Waals surface area (Å²) in [6, 6.07) is 0. The summed E-state index contributed by atoms with van der Waals surface area (Å²) >= 11 is 0. The second kappa shape index (κ2) is 23.6. The van der Waals surface area contributed by atoms with E-state index in [2.05, 4.69) is 13.8 Å². The van der Waals surface area contributed by atoms with Gasteiger partial charge in [-0.2, -0.15) is 0 Å². The molecule has 0 aromatic rings. The maximum Gasteiger partial charge on any atom is 0.168 e. The van der Waals surface area contributed by atoms with Crippen molar-refractivity contribution in [3.05, 3.63) is 0 Å². The summed E-state index contributed by atoms with van der Waals surface area (Å²) in [5.41, 5.74) is 0.165. The third-order valence-electron chi connectivity index (χ3n) is 6.11. The van der Waals surface area contributed by atoms with Gasteiger partial charge < -0.3 is 9.79 Å². The van der Waals surface area contributed by atoms with E-state index in [4.69, 9.17) is 0 Å². The minimum absolute atomic E-state index is 0.165. The second-order valence-corrected chi connectivity index (χ2v) is 10.3. The molecule has 0 aromatic carbocycles. The molecule has 0 radical (unpaired) electrons. The van der Waals surface area contributed by atoms with Crippen LogP contribution in [0.4, 0.5) is 0 Å². The van der Waals surface area contributed by atoms with Crippen LogP contribution in [0.5, 0.6) is 0 Å². The molecule has 0 spiro atoms. The molecule has 0 unspecified atom stereocenters. The molecule has 2 nitrogen and oxygen atoms in total. The van der Waals surface area contributed by atoms with Crippen LogP contribution in [-0.4, -0.2) is 15.4 Å². The lowest BCUT2D eigenvalue weighted by atomic mass is 10.0. The van der Waals surface area contributed by atoms with Crippen molar-refractivity contribution in [1.82, 2.24) is 0 Å². The van der Waals surface area contributed by atoms with E-state index in [0.717, 1.165) is 12.8 Å². The van der Waals surface area contributed by atoms with Gasteiger partial charge in [-0.3, -0.25) is 0 Å². The topological polar surface area (TPSA) is 40.5 Å². The van der Waals surface area contributed by atoms with E-state index < -0.39 is 8.38 Å². The van der Waals surface area contributed by atoms with Crippen LogP contribution in [0.3, 0.4) is 0 Å². The highest BCUT2D eigenvalue weighted by Crippen LogP contribution is 2.38. The summed E-state index contributed by atoms with van der Waals surface area (Å²) < 4.78 is 0. The second-order valence-electron chi connectivity index (χ2n) is 8.92. The Labute approximate surface area is 179 Å². The summed E-state index contributed by atoms with van der Waals surface area (Å²) in [6.07, 6.45) is 29.0. The molecule has 0 aromatic heterocycles. The van der Waals surface area contributed by atoms with Crippen molar-refractivity contribution < 1.29 is 9.79 Å².